The number of nitrogens with one attached hydrogen (secondary N) is 2. The van der Waals surface area contributed by atoms with Gasteiger partial charge in [0.05, 0.1) is 18.5 Å². The molecule has 2 N–H and O–H groups in total. The van der Waals surface area contributed by atoms with Gasteiger partial charge in [0.1, 0.15) is 5.75 Å². The summed E-state index contributed by atoms with van der Waals surface area (Å²) in [6.45, 7) is 6.16. The smallest absolute Gasteiger partial charge is 0.247 e. The van der Waals surface area contributed by atoms with Gasteiger partial charge in [-0.3, -0.25) is 4.79 Å². The van der Waals surface area contributed by atoms with Crippen LogP contribution in [0.3, 0.4) is 0 Å². The van der Waals surface area contributed by atoms with Gasteiger partial charge in [-0.25, -0.2) is 0 Å². The summed E-state index contributed by atoms with van der Waals surface area (Å²) < 4.78 is 5.11. The van der Waals surface area contributed by atoms with Gasteiger partial charge in [-0.1, -0.05) is 6.58 Å². The van der Waals surface area contributed by atoms with Crippen molar-refractivity contribution in [3.8, 4) is 5.75 Å². The number of methoxy groups -OCH3 is 1. The Labute approximate surface area is 95.3 Å². The summed E-state index contributed by atoms with van der Waals surface area (Å²) in [5.74, 6) is 0.511. The molecule has 0 aromatic heterocycles. The predicted molar refractivity (Wildman–Crippen MR) is 66.0 cm³/mol. The molecule has 0 bridgehead atoms. The van der Waals surface area contributed by atoms with E-state index in [2.05, 4.69) is 17.2 Å². The second-order valence-corrected chi connectivity index (χ2v) is 3.14. The quantitative estimate of drug-likeness (QED) is 0.748. The summed E-state index contributed by atoms with van der Waals surface area (Å²) in [7, 11) is 1.60. The van der Waals surface area contributed by atoms with Crippen LogP contribution in [0.2, 0.25) is 0 Å². The van der Waals surface area contributed by atoms with Gasteiger partial charge in [-0.05, 0) is 25.1 Å². The minimum Gasteiger partial charge on any atom is -0.497 e. The lowest BCUT2D eigenvalue weighted by atomic mass is 10.2. The molecule has 4 nitrogen and oxygen atoms in total. The van der Waals surface area contributed by atoms with Crippen LogP contribution in [0.5, 0.6) is 5.75 Å². The largest absolute Gasteiger partial charge is 0.497 e. The number of hydrogen-bond acceptors (Lipinski definition) is 3. The Morgan fingerprint density at radius 1 is 1.50 bits per heavy atom. The number of hydrogen-bond donors (Lipinski definition) is 2. The lowest BCUT2D eigenvalue weighted by Crippen LogP contribution is -2.10. The van der Waals surface area contributed by atoms with Crippen LogP contribution in [-0.2, 0) is 4.79 Å². The Hall–Kier alpha value is -1.97. The van der Waals surface area contributed by atoms with Crippen molar-refractivity contribution >= 4 is 17.3 Å². The fraction of sp³-hybridized carbons (Fsp3) is 0.250. The number of carbonyl (C=O) groups excluding carboxylic acids is 1. The van der Waals surface area contributed by atoms with E-state index in [1.807, 2.05) is 13.0 Å². The zero-order valence-corrected chi connectivity index (χ0v) is 9.54. The van der Waals surface area contributed by atoms with E-state index in [0.717, 1.165) is 18.0 Å². The highest BCUT2D eigenvalue weighted by Crippen LogP contribution is 2.26. The molecule has 4 heteroatoms. The molecular weight excluding hydrogens is 204 g/mol. The first kappa shape index (κ1) is 12.1. The summed E-state index contributed by atoms with van der Waals surface area (Å²) in [5, 5.41) is 5.87. The summed E-state index contributed by atoms with van der Waals surface area (Å²) >= 11 is 0. The number of anilines is 2. The number of ether oxygens (including phenoxy) is 1. The van der Waals surface area contributed by atoms with Crippen LogP contribution in [0.15, 0.2) is 30.9 Å². The van der Waals surface area contributed by atoms with E-state index in [0.29, 0.717) is 5.69 Å². The molecule has 0 radical (unpaired) electrons. The van der Waals surface area contributed by atoms with E-state index in [-0.39, 0.29) is 5.91 Å². The van der Waals surface area contributed by atoms with Crippen LogP contribution in [0.4, 0.5) is 11.4 Å². The Morgan fingerprint density at radius 2 is 2.25 bits per heavy atom. The summed E-state index contributed by atoms with van der Waals surface area (Å²) in [6.07, 6.45) is 1.24. The second-order valence-electron chi connectivity index (χ2n) is 3.14. The van der Waals surface area contributed by atoms with Gasteiger partial charge < -0.3 is 15.4 Å². The van der Waals surface area contributed by atoms with Gasteiger partial charge in [0.25, 0.3) is 0 Å². The lowest BCUT2D eigenvalue weighted by Gasteiger charge is -2.12. The fourth-order valence-electron chi connectivity index (χ4n) is 1.28. The van der Waals surface area contributed by atoms with Crippen LogP contribution in [0.1, 0.15) is 6.92 Å². The maximum atomic E-state index is 11.2. The van der Waals surface area contributed by atoms with Gasteiger partial charge >= 0.3 is 0 Å². The van der Waals surface area contributed by atoms with E-state index >= 15 is 0 Å². The summed E-state index contributed by atoms with van der Waals surface area (Å²) in [6, 6.07) is 5.42. The maximum Gasteiger partial charge on any atom is 0.247 e. The Bertz CT molecular complexity index is 389. The Morgan fingerprint density at radius 3 is 2.81 bits per heavy atom. The van der Waals surface area contributed by atoms with Gasteiger partial charge in [-0.15, -0.1) is 0 Å². The molecule has 0 fully saturated rings. The topological polar surface area (TPSA) is 50.4 Å². The minimum atomic E-state index is -0.232. The third kappa shape index (κ3) is 3.02. The van der Waals surface area contributed by atoms with Crippen molar-refractivity contribution in [1.82, 2.24) is 0 Å². The zero-order chi connectivity index (χ0) is 12.0. The number of rotatable bonds is 5. The molecule has 0 saturated heterocycles. The van der Waals surface area contributed by atoms with E-state index < -0.39 is 0 Å². The number of benzene rings is 1. The monoisotopic (exact) mass is 220 g/mol. The van der Waals surface area contributed by atoms with Crippen molar-refractivity contribution in [2.24, 2.45) is 0 Å². The molecule has 0 spiro atoms. The van der Waals surface area contributed by atoms with Crippen molar-refractivity contribution in [2.45, 2.75) is 6.92 Å². The Kier molecular flexibility index (Phi) is 4.39. The van der Waals surface area contributed by atoms with E-state index in [1.165, 1.54) is 6.08 Å². The van der Waals surface area contributed by atoms with Crippen molar-refractivity contribution in [3.63, 3.8) is 0 Å². The van der Waals surface area contributed by atoms with Crippen molar-refractivity contribution in [3.05, 3.63) is 30.9 Å². The number of amides is 1. The maximum absolute atomic E-state index is 11.2. The zero-order valence-electron chi connectivity index (χ0n) is 9.54. The first-order chi connectivity index (χ1) is 7.71. The normalized spacial score (nSPS) is 9.38. The highest BCUT2D eigenvalue weighted by atomic mass is 16.5. The first-order valence-electron chi connectivity index (χ1n) is 5.06. The van der Waals surface area contributed by atoms with Crippen molar-refractivity contribution in [1.29, 1.82) is 0 Å². The number of carbonyl (C=O) groups is 1. The van der Waals surface area contributed by atoms with Gasteiger partial charge in [0, 0.05) is 12.6 Å². The molecule has 0 aliphatic rings. The molecule has 0 aliphatic heterocycles. The van der Waals surface area contributed by atoms with Crippen molar-refractivity contribution < 1.29 is 9.53 Å². The molecule has 0 saturated carbocycles. The predicted octanol–water partition coefficient (Wildman–Crippen LogP) is 2.25. The Balaban J connectivity index is 2.97. The average Bonchev–Trinajstić information content (AvgIpc) is 2.31. The molecule has 0 atom stereocenters. The van der Waals surface area contributed by atoms with Crippen LogP contribution in [0, 0.1) is 0 Å². The molecular formula is C12H16N2O2. The molecule has 1 amide bonds. The third-order valence-corrected chi connectivity index (χ3v) is 2.04. The third-order valence-electron chi connectivity index (χ3n) is 2.04. The van der Waals surface area contributed by atoms with Crippen molar-refractivity contribution in [2.75, 3.05) is 24.3 Å². The van der Waals surface area contributed by atoms with Gasteiger partial charge in [0.2, 0.25) is 5.91 Å². The lowest BCUT2D eigenvalue weighted by molar-refractivity contribution is -0.111. The standard InChI is InChI=1S/C12H16N2O2/c1-4-12(15)14-10-7-6-9(16-3)8-11(10)13-5-2/h4,6-8,13H,1,5H2,2-3H3,(H,14,15). The van der Waals surface area contributed by atoms with Crippen LogP contribution in [-0.4, -0.2) is 19.6 Å². The van der Waals surface area contributed by atoms with E-state index in [4.69, 9.17) is 4.74 Å². The molecule has 0 unspecified atom stereocenters. The summed E-state index contributed by atoms with van der Waals surface area (Å²) in [4.78, 5) is 11.2. The molecule has 1 aromatic carbocycles. The molecule has 0 heterocycles. The first-order valence-corrected chi connectivity index (χ1v) is 5.06. The fourth-order valence-corrected chi connectivity index (χ4v) is 1.28. The molecule has 16 heavy (non-hydrogen) atoms. The van der Waals surface area contributed by atoms with Gasteiger partial charge in [0.15, 0.2) is 0 Å². The molecule has 0 aliphatic carbocycles. The van der Waals surface area contributed by atoms with Crippen LogP contribution < -0.4 is 15.4 Å². The second kappa shape index (κ2) is 5.80. The highest BCUT2D eigenvalue weighted by Gasteiger charge is 2.05. The molecule has 1 rings (SSSR count). The molecule has 1 aromatic rings. The van der Waals surface area contributed by atoms with E-state index in [9.17, 15) is 4.79 Å². The average molecular weight is 220 g/mol. The molecule has 86 valence electrons. The van der Waals surface area contributed by atoms with Gasteiger partial charge in [-0.2, -0.15) is 0 Å². The van der Waals surface area contributed by atoms with Crippen LogP contribution >= 0.6 is 0 Å². The minimum absolute atomic E-state index is 0.232. The van der Waals surface area contributed by atoms with Crippen LogP contribution in [0.25, 0.3) is 0 Å². The SMILES string of the molecule is C=CC(=O)Nc1ccc(OC)cc1NCC. The highest BCUT2D eigenvalue weighted by molar-refractivity contribution is 6.01. The summed E-state index contributed by atoms with van der Waals surface area (Å²) in [5.41, 5.74) is 1.55. The van der Waals surface area contributed by atoms with E-state index in [1.54, 1.807) is 19.2 Å².